The van der Waals surface area contributed by atoms with E-state index in [-0.39, 0.29) is 4.77 Å². The molecule has 0 unspecified atom stereocenters. The van der Waals surface area contributed by atoms with E-state index in [9.17, 15) is 0 Å². The summed E-state index contributed by atoms with van der Waals surface area (Å²) in [5, 5.41) is 1.04. The molecule has 0 spiro atoms. The van der Waals surface area contributed by atoms with Gasteiger partial charge >= 0.3 is 0 Å². The van der Waals surface area contributed by atoms with Crippen LogP contribution in [0.2, 0.25) is 0 Å². The molecule has 0 saturated heterocycles. The maximum absolute atomic E-state index is 5.05. The molecule has 0 aliphatic carbocycles. The van der Waals surface area contributed by atoms with Crippen molar-refractivity contribution in [3.8, 4) is 17.4 Å². The van der Waals surface area contributed by atoms with Gasteiger partial charge in [-0.05, 0) is 24.4 Å². The van der Waals surface area contributed by atoms with Crippen LogP contribution in [0.15, 0.2) is 36.5 Å². The molecule has 3 aromatic rings. The van der Waals surface area contributed by atoms with Crippen LogP contribution in [0.5, 0.6) is 6.01 Å². The lowest BCUT2D eigenvalue weighted by atomic mass is 10.1. The molecule has 0 atom stereocenters. The number of rotatable bonds is 2. The number of hydrogen-bond donors (Lipinski definition) is 1. The van der Waals surface area contributed by atoms with E-state index in [4.69, 9.17) is 17.0 Å². The van der Waals surface area contributed by atoms with Gasteiger partial charge in [-0.25, -0.2) is 4.98 Å². The number of pyridine rings is 1. The van der Waals surface area contributed by atoms with Crippen molar-refractivity contribution in [2.45, 2.75) is 0 Å². The number of H-pyrrole nitrogens is 1. The van der Waals surface area contributed by atoms with Crippen LogP contribution >= 0.6 is 12.2 Å². The zero-order chi connectivity index (χ0) is 13.2. The molecular weight excluding hydrogens is 260 g/mol. The Bertz CT molecular complexity index is 800. The lowest BCUT2D eigenvalue weighted by molar-refractivity contribution is 0.378. The fraction of sp³-hybridized carbons (Fsp3) is 0.0769. The van der Waals surface area contributed by atoms with Crippen molar-refractivity contribution in [2.24, 2.45) is 0 Å². The van der Waals surface area contributed by atoms with E-state index in [1.807, 2.05) is 30.3 Å². The van der Waals surface area contributed by atoms with E-state index in [2.05, 4.69) is 19.9 Å². The highest BCUT2D eigenvalue weighted by Crippen LogP contribution is 2.20. The average molecular weight is 270 g/mol. The van der Waals surface area contributed by atoms with E-state index >= 15 is 0 Å². The van der Waals surface area contributed by atoms with Crippen LogP contribution in [-0.4, -0.2) is 27.0 Å². The Morgan fingerprint density at radius 2 is 2.05 bits per heavy atom. The molecule has 0 amide bonds. The Kier molecular flexibility index (Phi) is 2.92. The number of nitrogens with zero attached hydrogens (tertiary/aromatic N) is 3. The number of nitrogens with one attached hydrogen (secondary N) is 1. The third-order valence-corrected chi connectivity index (χ3v) is 2.87. The van der Waals surface area contributed by atoms with Gasteiger partial charge in [-0.2, -0.15) is 4.98 Å². The molecule has 0 fully saturated rings. The first-order chi connectivity index (χ1) is 9.26. The highest BCUT2D eigenvalue weighted by Gasteiger charge is 2.05. The van der Waals surface area contributed by atoms with Crippen LogP contribution in [-0.2, 0) is 0 Å². The van der Waals surface area contributed by atoms with Crippen LogP contribution in [0.4, 0.5) is 0 Å². The molecule has 2 heterocycles. The predicted octanol–water partition coefficient (Wildman–Crippen LogP) is 2.76. The number of aromatic amines is 1. The smallest absolute Gasteiger partial charge is 0.297 e. The van der Waals surface area contributed by atoms with Gasteiger partial charge in [0, 0.05) is 17.1 Å². The highest BCUT2D eigenvalue weighted by atomic mass is 32.1. The molecule has 6 heteroatoms. The van der Waals surface area contributed by atoms with Gasteiger partial charge in [-0.1, -0.05) is 18.2 Å². The molecular formula is C13H10N4OS. The third kappa shape index (κ3) is 2.30. The van der Waals surface area contributed by atoms with Crippen LogP contribution in [0.3, 0.4) is 0 Å². The number of methoxy groups -OCH3 is 1. The maximum Gasteiger partial charge on any atom is 0.297 e. The Hall–Kier alpha value is -2.34. The molecule has 2 aromatic heterocycles. The van der Waals surface area contributed by atoms with E-state index in [1.54, 1.807) is 6.20 Å². The fourth-order valence-corrected chi connectivity index (χ4v) is 1.97. The van der Waals surface area contributed by atoms with Gasteiger partial charge in [0.1, 0.15) is 5.82 Å². The summed E-state index contributed by atoms with van der Waals surface area (Å²) in [6, 6.07) is 10.2. The summed E-state index contributed by atoms with van der Waals surface area (Å²) in [6.45, 7) is 0. The second-order valence-electron chi connectivity index (χ2n) is 3.91. The van der Waals surface area contributed by atoms with Crippen LogP contribution in [0.25, 0.3) is 22.3 Å². The largest absolute Gasteiger partial charge is 0.468 e. The topological polar surface area (TPSA) is 63.7 Å². The van der Waals surface area contributed by atoms with Crippen molar-refractivity contribution in [3.05, 3.63) is 41.3 Å². The molecule has 0 aliphatic rings. The SMILES string of the molecule is COc1nc(=S)nc(-c2cnc3ccccc3c2)[nH]1. The standard InChI is InChI=1S/C13H10N4OS/c1-18-12-15-11(16-13(19)17-12)9-6-8-4-2-3-5-10(8)14-7-9/h2-7H,1H3,(H,15,16,17,19). The molecule has 0 saturated carbocycles. The van der Waals surface area contributed by atoms with E-state index < -0.39 is 0 Å². The van der Waals surface area contributed by atoms with Crippen molar-refractivity contribution in [2.75, 3.05) is 7.11 Å². The van der Waals surface area contributed by atoms with Gasteiger partial charge in [-0.3, -0.25) is 9.97 Å². The molecule has 0 aliphatic heterocycles. The second-order valence-corrected chi connectivity index (χ2v) is 4.27. The number of ether oxygens (including phenoxy) is 1. The van der Waals surface area contributed by atoms with Gasteiger partial charge < -0.3 is 4.74 Å². The summed E-state index contributed by atoms with van der Waals surface area (Å²) in [5.74, 6) is 0.593. The quantitative estimate of drug-likeness (QED) is 0.725. The van der Waals surface area contributed by atoms with E-state index in [0.29, 0.717) is 11.8 Å². The van der Waals surface area contributed by atoms with Crippen molar-refractivity contribution in [3.63, 3.8) is 0 Å². The number of aromatic nitrogens is 4. The summed E-state index contributed by atoms with van der Waals surface area (Å²) < 4.78 is 5.29. The van der Waals surface area contributed by atoms with Crippen LogP contribution < -0.4 is 4.74 Å². The summed E-state index contributed by atoms with van der Waals surface area (Å²) in [5.41, 5.74) is 1.77. The zero-order valence-electron chi connectivity index (χ0n) is 10.1. The average Bonchev–Trinajstić information content (AvgIpc) is 2.46. The molecule has 19 heavy (non-hydrogen) atoms. The number of para-hydroxylation sites is 1. The minimum atomic E-state index is 0.235. The lowest BCUT2D eigenvalue weighted by Crippen LogP contribution is -1.98. The van der Waals surface area contributed by atoms with Gasteiger partial charge in [0.25, 0.3) is 6.01 Å². The Labute approximate surface area is 114 Å². The summed E-state index contributed by atoms with van der Waals surface area (Å²) in [4.78, 5) is 15.5. The fourth-order valence-electron chi connectivity index (χ4n) is 1.80. The van der Waals surface area contributed by atoms with Crippen molar-refractivity contribution in [1.82, 2.24) is 19.9 Å². The maximum atomic E-state index is 5.05. The lowest BCUT2D eigenvalue weighted by Gasteiger charge is -2.04. The minimum absolute atomic E-state index is 0.235. The first-order valence-corrected chi connectivity index (χ1v) is 6.04. The first-order valence-electron chi connectivity index (χ1n) is 5.64. The molecule has 0 bridgehead atoms. The predicted molar refractivity (Wildman–Crippen MR) is 74.5 cm³/mol. The first kappa shape index (κ1) is 11.7. The van der Waals surface area contributed by atoms with E-state index in [0.717, 1.165) is 16.5 Å². The zero-order valence-corrected chi connectivity index (χ0v) is 10.9. The van der Waals surface area contributed by atoms with Gasteiger partial charge in [0.2, 0.25) is 4.77 Å². The Morgan fingerprint density at radius 3 is 2.89 bits per heavy atom. The van der Waals surface area contributed by atoms with Gasteiger partial charge in [0.05, 0.1) is 12.6 Å². The molecule has 5 nitrogen and oxygen atoms in total. The number of benzene rings is 1. The summed E-state index contributed by atoms with van der Waals surface area (Å²) >= 11 is 5.01. The summed E-state index contributed by atoms with van der Waals surface area (Å²) in [6.07, 6.45) is 1.75. The minimum Gasteiger partial charge on any atom is -0.468 e. The normalized spacial score (nSPS) is 10.6. The Morgan fingerprint density at radius 1 is 1.21 bits per heavy atom. The molecule has 3 rings (SSSR count). The molecule has 1 N–H and O–H groups in total. The number of hydrogen-bond acceptors (Lipinski definition) is 5. The van der Waals surface area contributed by atoms with Gasteiger partial charge in [0.15, 0.2) is 0 Å². The molecule has 0 radical (unpaired) electrons. The Balaban J connectivity index is 2.18. The van der Waals surface area contributed by atoms with Crippen molar-refractivity contribution in [1.29, 1.82) is 0 Å². The third-order valence-electron chi connectivity index (χ3n) is 2.69. The second kappa shape index (κ2) is 4.74. The van der Waals surface area contributed by atoms with E-state index in [1.165, 1.54) is 7.11 Å². The van der Waals surface area contributed by atoms with Crippen LogP contribution in [0.1, 0.15) is 0 Å². The highest BCUT2D eigenvalue weighted by molar-refractivity contribution is 7.71. The molecule has 94 valence electrons. The van der Waals surface area contributed by atoms with Crippen molar-refractivity contribution >= 4 is 23.1 Å². The summed E-state index contributed by atoms with van der Waals surface area (Å²) in [7, 11) is 1.52. The van der Waals surface area contributed by atoms with Crippen LogP contribution in [0, 0.1) is 4.77 Å². The van der Waals surface area contributed by atoms with Gasteiger partial charge in [-0.15, -0.1) is 0 Å². The molecule has 1 aromatic carbocycles. The monoisotopic (exact) mass is 270 g/mol. The number of fused-ring (bicyclic) bond motifs is 1. The van der Waals surface area contributed by atoms with Crippen molar-refractivity contribution < 1.29 is 4.74 Å².